The number of benzene rings is 1. The van der Waals surface area contributed by atoms with Crippen LogP contribution in [0.4, 0.5) is 0 Å². The molecule has 0 bridgehead atoms. The van der Waals surface area contributed by atoms with Crippen molar-refractivity contribution in [1.82, 2.24) is 4.90 Å². The van der Waals surface area contributed by atoms with Gasteiger partial charge in [0.05, 0.1) is 5.60 Å². The summed E-state index contributed by atoms with van der Waals surface area (Å²) in [6, 6.07) is 6.74. The molecule has 1 fully saturated rings. The lowest BCUT2D eigenvalue weighted by molar-refractivity contribution is -0.129. The number of carbonyl (C=O) groups is 2. The van der Waals surface area contributed by atoms with Gasteiger partial charge in [0.1, 0.15) is 0 Å². The summed E-state index contributed by atoms with van der Waals surface area (Å²) in [5.74, 6) is -0.536. The molecule has 1 aromatic rings. The van der Waals surface area contributed by atoms with Gasteiger partial charge in [0.2, 0.25) is 11.8 Å². The molecule has 1 heterocycles. The largest absolute Gasteiger partial charge is 0.390 e. The van der Waals surface area contributed by atoms with Crippen LogP contribution < -0.4 is 5.73 Å². The number of likely N-dealkylation sites (tertiary alicyclic amines) is 1. The van der Waals surface area contributed by atoms with Crippen molar-refractivity contribution in [3.05, 3.63) is 41.5 Å². The zero-order chi connectivity index (χ0) is 15.5. The van der Waals surface area contributed by atoms with Crippen molar-refractivity contribution < 1.29 is 14.7 Å². The molecule has 1 aliphatic heterocycles. The number of primary amides is 1. The number of hydrogen-bond donors (Lipinski definition) is 2. The van der Waals surface area contributed by atoms with E-state index in [1.54, 1.807) is 42.2 Å². The van der Waals surface area contributed by atoms with Crippen molar-refractivity contribution in [2.75, 3.05) is 13.1 Å². The van der Waals surface area contributed by atoms with Gasteiger partial charge in [-0.3, -0.25) is 9.59 Å². The van der Waals surface area contributed by atoms with Crippen LogP contribution in [0.2, 0.25) is 0 Å². The standard InChI is InChI=1S/C16H20N2O3/c1-16(21)8-10-18(11-9-16)14(19)7-4-12-2-5-13(6-3-12)15(17)20/h2-7,21H,8-11H2,1H3,(H2,17,20)/b7-4+. The van der Waals surface area contributed by atoms with Gasteiger partial charge in [0.15, 0.2) is 0 Å². The summed E-state index contributed by atoms with van der Waals surface area (Å²) < 4.78 is 0. The summed E-state index contributed by atoms with van der Waals surface area (Å²) in [5.41, 5.74) is 5.78. The SMILES string of the molecule is CC1(O)CCN(C(=O)/C=C/c2ccc(C(N)=O)cc2)CC1. The zero-order valence-corrected chi connectivity index (χ0v) is 12.1. The van der Waals surface area contributed by atoms with E-state index in [0.717, 1.165) is 5.56 Å². The predicted octanol–water partition coefficient (Wildman–Crippen LogP) is 1.17. The molecular formula is C16H20N2O3. The molecule has 112 valence electrons. The van der Waals surface area contributed by atoms with Gasteiger partial charge in [0.25, 0.3) is 0 Å². The highest BCUT2D eigenvalue weighted by atomic mass is 16.3. The second-order valence-corrected chi connectivity index (χ2v) is 5.64. The number of amides is 2. The van der Waals surface area contributed by atoms with Crippen LogP contribution in [0.15, 0.2) is 30.3 Å². The third-order valence-electron chi connectivity index (χ3n) is 3.77. The number of hydrogen-bond acceptors (Lipinski definition) is 3. The lowest BCUT2D eigenvalue weighted by atomic mass is 9.94. The maximum Gasteiger partial charge on any atom is 0.248 e. The third-order valence-corrected chi connectivity index (χ3v) is 3.77. The van der Waals surface area contributed by atoms with Crippen LogP contribution in [0.3, 0.4) is 0 Å². The second-order valence-electron chi connectivity index (χ2n) is 5.64. The van der Waals surface area contributed by atoms with Crippen molar-refractivity contribution in [2.45, 2.75) is 25.4 Å². The Morgan fingerprint density at radius 3 is 2.33 bits per heavy atom. The third kappa shape index (κ3) is 4.16. The van der Waals surface area contributed by atoms with Gasteiger partial charge in [-0.2, -0.15) is 0 Å². The van der Waals surface area contributed by atoms with Gasteiger partial charge in [-0.25, -0.2) is 0 Å². The van der Waals surface area contributed by atoms with E-state index in [1.807, 2.05) is 0 Å². The molecule has 0 unspecified atom stereocenters. The Labute approximate surface area is 124 Å². The number of nitrogens with zero attached hydrogens (tertiary/aromatic N) is 1. The average molecular weight is 288 g/mol. The normalized spacial score (nSPS) is 17.9. The number of nitrogens with two attached hydrogens (primary N) is 1. The van der Waals surface area contributed by atoms with Gasteiger partial charge < -0.3 is 15.7 Å². The molecule has 21 heavy (non-hydrogen) atoms. The summed E-state index contributed by atoms with van der Waals surface area (Å²) in [6.07, 6.45) is 4.42. The van der Waals surface area contributed by atoms with Crippen LogP contribution in [0.1, 0.15) is 35.7 Å². The lowest BCUT2D eigenvalue weighted by Crippen LogP contribution is -2.44. The minimum atomic E-state index is -0.662. The average Bonchev–Trinajstić information content (AvgIpc) is 2.45. The smallest absolute Gasteiger partial charge is 0.248 e. The molecule has 0 aliphatic carbocycles. The van der Waals surface area contributed by atoms with Gasteiger partial charge >= 0.3 is 0 Å². The monoisotopic (exact) mass is 288 g/mol. The number of rotatable bonds is 3. The summed E-state index contributed by atoms with van der Waals surface area (Å²) in [4.78, 5) is 24.7. The van der Waals surface area contributed by atoms with E-state index >= 15 is 0 Å². The number of piperidine rings is 1. The van der Waals surface area contributed by atoms with Crippen LogP contribution >= 0.6 is 0 Å². The first kappa shape index (κ1) is 15.3. The maximum absolute atomic E-state index is 12.0. The highest BCUT2D eigenvalue weighted by Gasteiger charge is 2.28. The Bertz CT molecular complexity index is 551. The van der Waals surface area contributed by atoms with Gasteiger partial charge in [-0.05, 0) is 43.5 Å². The first-order valence-electron chi connectivity index (χ1n) is 6.97. The molecule has 0 saturated carbocycles. The molecule has 5 heteroatoms. The van der Waals surface area contributed by atoms with Crippen molar-refractivity contribution in [2.24, 2.45) is 5.73 Å². The Morgan fingerprint density at radius 2 is 1.81 bits per heavy atom. The van der Waals surface area contributed by atoms with Crippen molar-refractivity contribution in [3.63, 3.8) is 0 Å². The first-order chi connectivity index (χ1) is 9.87. The molecule has 1 saturated heterocycles. The maximum atomic E-state index is 12.0. The summed E-state index contributed by atoms with van der Waals surface area (Å²) in [6.45, 7) is 2.93. The highest BCUT2D eigenvalue weighted by Crippen LogP contribution is 2.21. The van der Waals surface area contributed by atoms with Crippen LogP contribution in [0.25, 0.3) is 6.08 Å². The molecule has 0 aromatic heterocycles. The predicted molar refractivity (Wildman–Crippen MR) is 80.4 cm³/mol. The fourth-order valence-electron chi connectivity index (χ4n) is 2.24. The second kappa shape index (κ2) is 6.10. The minimum absolute atomic E-state index is 0.0653. The molecular weight excluding hydrogens is 268 g/mol. The molecule has 1 aliphatic rings. The van der Waals surface area contributed by atoms with Crippen molar-refractivity contribution >= 4 is 17.9 Å². The fourth-order valence-corrected chi connectivity index (χ4v) is 2.24. The summed E-state index contributed by atoms with van der Waals surface area (Å²) in [5, 5.41) is 9.86. The van der Waals surface area contributed by atoms with E-state index in [2.05, 4.69) is 0 Å². The van der Waals surface area contributed by atoms with Crippen molar-refractivity contribution in [3.8, 4) is 0 Å². The quantitative estimate of drug-likeness (QED) is 0.819. The van der Waals surface area contributed by atoms with Gasteiger partial charge in [-0.15, -0.1) is 0 Å². The van der Waals surface area contributed by atoms with Gasteiger partial charge in [-0.1, -0.05) is 12.1 Å². The minimum Gasteiger partial charge on any atom is -0.390 e. The van der Waals surface area contributed by atoms with E-state index in [1.165, 1.54) is 6.08 Å². The molecule has 0 radical (unpaired) electrons. The van der Waals surface area contributed by atoms with Crippen LogP contribution in [-0.2, 0) is 4.79 Å². The molecule has 2 amide bonds. The zero-order valence-electron chi connectivity index (χ0n) is 12.1. The fraction of sp³-hybridized carbons (Fsp3) is 0.375. The first-order valence-corrected chi connectivity index (χ1v) is 6.97. The summed E-state index contributed by atoms with van der Waals surface area (Å²) >= 11 is 0. The molecule has 3 N–H and O–H groups in total. The highest BCUT2D eigenvalue weighted by molar-refractivity contribution is 5.94. The van der Waals surface area contributed by atoms with E-state index in [4.69, 9.17) is 5.73 Å². The van der Waals surface area contributed by atoms with Crippen LogP contribution in [0.5, 0.6) is 0 Å². The molecule has 0 atom stereocenters. The van der Waals surface area contributed by atoms with E-state index in [0.29, 0.717) is 31.5 Å². The summed E-state index contributed by atoms with van der Waals surface area (Å²) in [7, 11) is 0. The van der Waals surface area contributed by atoms with Crippen molar-refractivity contribution in [1.29, 1.82) is 0 Å². The van der Waals surface area contributed by atoms with Crippen LogP contribution in [0, 0.1) is 0 Å². The molecule has 5 nitrogen and oxygen atoms in total. The van der Waals surface area contributed by atoms with Crippen LogP contribution in [-0.4, -0.2) is 40.5 Å². The molecule has 1 aromatic carbocycles. The number of aliphatic hydroxyl groups is 1. The molecule has 2 rings (SSSR count). The Hall–Kier alpha value is -2.14. The lowest BCUT2D eigenvalue weighted by Gasteiger charge is -2.35. The van der Waals surface area contributed by atoms with E-state index in [9.17, 15) is 14.7 Å². The Kier molecular flexibility index (Phi) is 4.43. The van der Waals surface area contributed by atoms with E-state index in [-0.39, 0.29) is 5.91 Å². The Balaban J connectivity index is 1.94. The van der Waals surface area contributed by atoms with Gasteiger partial charge in [0, 0.05) is 24.7 Å². The molecule has 0 spiro atoms. The topological polar surface area (TPSA) is 83.6 Å². The van der Waals surface area contributed by atoms with E-state index < -0.39 is 11.5 Å². The number of carbonyl (C=O) groups excluding carboxylic acids is 2. The Morgan fingerprint density at radius 1 is 1.24 bits per heavy atom.